The van der Waals surface area contributed by atoms with E-state index in [1.54, 1.807) is 21.3 Å². The molecular weight excluding hydrogens is 192 g/mol. The van der Waals surface area contributed by atoms with Crippen LogP contribution in [0.15, 0.2) is 0 Å². The minimum Gasteiger partial charge on any atom is -0.376 e. The molecule has 5 heteroatoms. The number of thiol groups is 1. The van der Waals surface area contributed by atoms with Crippen LogP contribution in [-0.2, 0) is 13.3 Å². The molecule has 0 heterocycles. The quantitative estimate of drug-likeness (QED) is 0.532. The predicted octanol–water partition coefficient (Wildman–Crippen LogP) is 1.50. The van der Waals surface area contributed by atoms with Crippen LogP contribution >= 0.6 is 12.6 Å². The zero-order valence-corrected chi connectivity index (χ0v) is 10.1. The van der Waals surface area contributed by atoms with Crippen LogP contribution in [0.4, 0.5) is 0 Å². The highest BCUT2D eigenvalue weighted by Gasteiger charge is 2.44. The van der Waals surface area contributed by atoms with Gasteiger partial charge in [-0.05, 0) is 6.42 Å². The van der Waals surface area contributed by atoms with Crippen molar-refractivity contribution in [1.82, 2.24) is 0 Å². The van der Waals surface area contributed by atoms with Crippen LogP contribution in [0, 0.1) is 0 Å². The largest absolute Gasteiger partial charge is 0.513 e. The van der Waals surface area contributed by atoms with Gasteiger partial charge in [0.15, 0.2) is 0 Å². The van der Waals surface area contributed by atoms with E-state index in [-0.39, 0.29) is 4.87 Å². The standard InChI is InChI=1S/C7H18O3SSi/c1-5-6-7(11)12(8-2,9-3)10-4/h7,11H,5-6H2,1-4H3. The van der Waals surface area contributed by atoms with Gasteiger partial charge >= 0.3 is 8.80 Å². The summed E-state index contributed by atoms with van der Waals surface area (Å²) in [5.41, 5.74) is 0. The van der Waals surface area contributed by atoms with Crippen molar-refractivity contribution in [2.24, 2.45) is 0 Å². The average Bonchev–Trinajstić information content (AvgIpc) is 2.09. The fourth-order valence-corrected chi connectivity index (χ4v) is 4.27. The molecule has 0 aromatic carbocycles. The molecule has 0 radical (unpaired) electrons. The lowest BCUT2D eigenvalue weighted by molar-refractivity contribution is 0.121. The summed E-state index contributed by atoms with van der Waals surface area (Å²) in [6, 6.07) is 0. The molecule has 1 unspecified atom stereocenters. The van der Waals surface area contributed by atoms with Crippen molar-refractivity contribution >= 4 is 21.4 Å². The van der Waals surface area contributed by atoms with Crippen LogP contribution in [0.25, 0.3) is 0 Å². The van der Waals surface area contributed by atoms with Crippen LogP contribution in [0.5, 0.6) is 0 Å². The summed E-state index contributed by atoms with van der Waals surface area (Å²) in [6.07, 6.45) is 2.00. The van der Waals surface area contributed by atoms with E-state index in [4.69, 9.17) is 13.3 Å². The van der Waals surface area contributed by atoms with E-state index in [1.807, 2.05) is 0 Å². The monoisotopic (exact) mass is 210 g/mol. The molecule has 0 aromatic heterocycles. The van der Waals surface area contributed by atoms with Crippen LogP contribution in [0.1, 0.15) is 19.8 Å². The van der Waals surface area contributed by atoms with Crippen LogP contribution < -0.4 is 0 Å². The summed E-state index contributed by atoms with van der Waals surface area (Å²) in [5, 5.41) is 0. The summed E-state index contributed by atoms with van der Waals surface area (Å²) < 4.78 is 15.8. The van der Waals surface area contributed by atoms with Crippen LogP contribution in [0.3, 0.4) is 0 Å². The molecule has 0 saturated carbocycles. The highest BCUT2D eigenvalue weighted by atomic mass is 32.1. The molecule has 12 heavy (non-hydrogen) atoms. The molecule has 0 amide bonds. The lowest BCUT2D eigenvalue weighted by Crippen LogP contribution is -2.52. The molecule has 0 bridgehead atoms. The molecule has 0 fully saturated rings. The Bertz CT molecular complexity index is 111. The molecule has 0 rings (SSSR count). The van der Waals surface area contributed by atoms with Gasteiger partial charge in [-0.15, -0.1) is 0 Å². The Morgan fingerprint density at radius 2 is 1.58 bits per heavy atom. The molecule has 0 aliphatic rings. The Morgan fingerprint density at radius 1 is 1.17 bits per heavy atom. The maximum absolute atomic E-state index is 5.27. The molecule has 0 aliphatic heterocycles. The maximum Gasteiger partial charge on any atom is 0.513 e. The van der Waals surface area contributed by atoms with Gasteiger partial charge in [0.2, 0.25) is 0 Å². The van der Waals surface area contributed by atoms with E-state index in [1.165, 1.54) is 0 Å². The van der Waals surface area contributed by atoms with Crippen LogP contribution in [-0.4, -0.2) is 35.0 Å². The zero-order valence-electron chi connectivity index (χ0n) is 8.16. The van der Waals surface area contributed by atoms with Crippen molar-refractivity contribution in [2.45, 2.75) is 24.6 Å². The average molecular weight is 210 g/mol. The second-order valence-electron chi connectivity index (χ2n) is 2.52. The molecule has 0 saturated heterocycles. The summed E-state index contributed by atoms with van der Waals surface area (Å²) >= 11 is 4.42. The second kappa shape index (κ2) is 5.99. The van der Waals surface area contributed by atoms with Crippen molar-refractivity contribution in [2.75, 3.05) is 21.3 Å². The van der Waals surface area contributed by atoms with Crippen molar-refractivity contribution in [1.29, 1.82) is 0 Å². The van der Waals surface area contributed by atoms with Crippen molar-refractivity contribution in [3.63, 3.8) is 0 Å². The van der Waals surface area contributed by atoms with Gasteiger partial charge in [0, 0.05) is 21.3 Å². The molecular formula is C7H18O3SSi. The van der Waals surface area contributed by atoms with Crippen molar-refractivity contribution in [3.8, 4) is 0 Å². The summed E-state index contributed by atoms with van der Waals surface area (Å²) in [6.45, 7) is 2.10. The van der Waals surface area contributed by atoms with Crippen LogP contribution in [0.2, 0.25) is 0 Å². The molecule has 1 atom stereocenters. The first kappa shape index (κ1) is 12.4. The Kier molecular flexibility index (Phi) is 6.21. The Hall–Kier alpha value is 0.447. The van der Waals surface area contributed by atoms with E-state index in [2.05, 4.69) is 19.6 Å². The minimum atomic E-state index is -2.48. The lowest BCUT2D eigenvalue weighted by atomic mass is 10.4. The molecule has 0 aromatic rings. The third-order valence-electron chi connectivity index (χ3n) is 1.82. The summed E-state index contributed by atoms with van der Waals surface area (Å²) in [7, 11) is 2.35. The second-order valence-corrected chi connectivity index (χ2v) is 6.76. The first-order valence-corrected chi connectivity index (χ1v) is 6.32. The van der Waals surface area contributed by atoms with E-state index in [9.17, 15) is 0 Å². The van der Waals surface area contributed by atoms with Gasteiger partial charge in [-0.2, -0.15) is 12.6 Å². The molecule has 74 valence electrons. The van der Waals surface area contributed by atoms with E-state index in [0.29, 0.717) is 0 Å². The summed E-state index contributed by atoms with van der Waals surface area (Å²) in [5.74, 6) is 0. The highest BCUT2D eigenvalue weighted by molar-refractivity contribution is 7.83. The van der Waals surface area contributed by atoms with Gasteiger partial charge in [0.1, 0.15) is 0 Å². The summed E-state index contributed by atoms with van der Waals surface area (Å²) in [4.78, 5) is 0.0718. The Balaban J connectivity index is 4.24. The normalized spacial score (nSPS) is 14.8. The molecule has 0 spiro atoms. The minimum absolute atomic E-state index is 0.0718. The van der Waals surface area contributed by atoms with Crippen molar-refractivity contribution in [3.05, 3.63) is 0 Å². The molecule has 0 N–H and O–H groups in total. The Morgan fingerprint density at radius 3 is 1.83 bits per heavy atom. The lowest BCUT2D eigenvalue weighted by Gasteiger charge is -2.29. The topological polar surface area (TPSA) is 27.7 Å². The van der Waals surface area contributed by atoms with E-state index in [0.717, 1.165) is 12.8 Å². The first-order chi connectivity index (χ1) is 5.66. The third-order valence-corrected chi connectivity index (χ3v) is 5.84. The maximum atomic E-state index is 5.27. The molecule has 0 aliphatic carbocycles. The smallest absolute Gasteiger partial charge is 0.376 e. The van der Waals surface area contributed by atoms with Gasteiger partial charge < -0.3 is 13.3 Å². The number of rotatable bonds is 6. The number of hydrogen-bond donors (Lipinski definition) is 1. The third kappa shape index (κ3) is 2.74. The fraction of sp³-hybridized carbons (Fsp3) is 1.00. The molecule has 3 nitrogen and oxygen atoms in total. The van der Waals surface area contributed by atoms with Gasteiger partial charge in [0.25, 0.3) is 0 Å². The van der Waals surface area contributed by atoms with E-state index < -0.39 is 8.80 Å². The van der Waals surface area contributed by atoms with Crippen molar-refractivity contribution < 1.29 is 13.3 Å². The number of hydrogen-bond acceptors (Lipinski definition) is 4. The SMILES string of the molecule is CCCC(S)[Si](OC)(OC)OC. The van der Waals surface area contributed by atoms with Gasteiger partial charge in [-0.25, -0.2) is 0 Å². The van der Waals surface area contributed by atoms with Gasteiger partial charge in [-0.1, -0.05) is 13.3 Å². The fourth-order valence-electron chi connectivity index (χ4n) is 1.11. The Labute approximate surface area is 81.2 Å². The van der Waals surface area contributed by atoms with Gasteiger partial charge in [-0.3, -0.25) is 0 Å². The van der Waals surface area contributed by atoms with Gasteiger partial charge in [0.05, 0.1) is 4.87 Å². The predicted molar refractivity (Wildman–Crippen MR) is 54.5 cm³/mol. The van der Waals surface area contributed by atoms with E-state index >= 15 is 0 Å². The zero-order chi connectivity index (χ0) is 9.61. The first-order valence-electron chi connectivity index (χ1n) is 4.00. The highest BCUT2D eigenvalue weighted by Crippen LogP contribution is 2.20.